The molecule has 2 atom stereocenters. The molecule has 0 saturated heterocycles. The molecule has 0 aliphatic rings. The van der Waals surface area contributed by atoms with E-state index in [1.54, 1.807) is 10.9 Å². The van der Waals surface area contributed by atoms with Gasteiger partial charge < -0.3 is 9.15 Å². The molecule has 12 nitrogen and oxygen atoms in total. The van der Waals surface area contributed by atoms with E-state index in [0.29, 0.717) is 5.52 Å². The van der Waals surface area contributed by atoms with Crippen LogP contribution in [0.3, 0.4) is 0 Å². The third kappa shape index (κ3) is 5.34. The van der Waals surface area contributed by atoms with Crippen molar-refractivity contribution < 1.29 is 26.3 Å². The number of sulfone groups is 1. The van der Waals surface area contributed by atoms with E-state index in [9.17, 15) is 12.6 Å². The summed E-state index contributed by atoms with van der Waals surface area (Å²) in [6.45, 7) is -0.212. The number of aryl methyl sites for hydroxylation is 1. The van der Waals surface area contributed by atoms with Gasteiger partial charge in [-0.05, 0) is 17.7 Å². The molecule has 33 heavy (non-hydrogen) atoms. The third-order valence-electron chi connectivity index (χ3n) is 4.65. The van der Waals surface area contributed by atoms with Gasteiger partial charge in [0, 0.05) is 25.9 Å². The molecular formula is C18H20N6O6S3. The van der Waals surface area contributed by atoms with Gasteiger partial charge in [-0.3, -0.25) is 9.23 Å². The zero-order valence-corrected chi connectivity index (χ0v) is 20.0. The molecule has 0 fully saturated rings. The fraction of sp³-hybridized carbons (Fsp3) is 0.333. The minimum Gasteiger partial charge on any atom is -0.422 e. The molecule has 3 heterocycles. The number of ether oxygens (including phenoxy) is 1. The number of aromatic nitrogens is 5. The number of nitrogens with zero attached hydrogens (tertiary/aromatic N) is 5. The van der Waals surface area contributed by atoms with Gasteiger partial charge in [-0.1, -0.05) is 6.07 Å². The number of hydrogen-bond donors (Lipinski definition) is 2. The molecule has 0 amide bonds. The highest BCUT2D eigenvalue weighted by Gasteiger charge is 2.36. The average Bonchev–Trinajstić information content (AvgIpc) is 3.50. The van der Waals surface area contributed by atoms with Crippen molar-refractivity contribution >= 4 is 42.7 Å². The molecule has 2 N–H and O–H groups in total. The number of hydrogen-bond acceptors (Lipinski definition) is 10. The van der Waals surface area contributed by atoms with Crippen molar-refractivity contribution in [2.75, 3.05) is 19.5 Å². The van der Waals surface area contributed by atoms with Crippen LogP contribution >= 0.6 is 11.3 Å². The Kier molecular flexibility index (Phi) is 6.96. The van der Waals surface area contributed by atoms with E-state index in [0.717, 1.165) is 15.8 Å². The van der Waals surface area contributed by atoms with Crippen LogP contribution < -0.4 is 4.72 Å². The first-order valence-electron chi connectivity index (χ1n) is 9.53. The van der Waals surface area contributed by atoms with Crippen LogP contribution in [0.5, 0.6) is 0 Å². The maximum atomic E-state index is 13.2. The summed E-state index contributed by atoms with van der Waals surface area (Å²) in [5, 5.41) is 10.8. The van der Waals surface area contributed by atoms with Crippen LogP contribution in [0.1, 0.15) is 22.0 Å². The summed E-state index contributed by atoms with van der Waals surface area (Å²) < 4.78 is 61.2. The van der Waals surface area contributed by atoms with E-state index in [1.165, 1.54) is 18.4 Å². The predicted molar refractivity (Wildman–Crippen MR) is 121 cm³/mol. The SMILES string of the molecule is COCCS(=O)(=O)C(c1nnc(CNS(=O)O)o1)c1nc2ccc(-c3cnn(C)c3)cc2s1. The lowest BCUT2D eigenvalue weighted by Gasteiger charge is -2.11. The van der Waals surface area contributed by atoms with E-state index in [2.05, 4.69) is 25.0 Å². The van der Waals surface area contributed by atoms with Crippen LogP contribution in [0.2, 0.25) is 0 Å². The monoisotopic (exact) mass is 512 g/mol. The molecule has 0 saturated carbocycles. The molecular weight excluding hydrogens is 492 g/mol. The summed E-state index contributed by atoms with van der Waals surface area (Å²) in [5.74, 6) is -0.473. The minimum absolute atomic E-state index is 0.0130. The van der Waals surface area contributed by atoms with Crippen LogP contribution in [-0.2, 0) is 39.4 Å². The lowest BCUT2D eigenvalue weighted by Crippen LogP contribution is -2.21. The van der Waals surface area contributed by atoms with Gasteiger partial charge in [0.15, 0.2) is 15.1 Å². The molecule has 15 heteroatoms. The second kappa shape index (κ2) is 9.74. The van der Waals surface area contributed by atoms with Gasteiger partial charge in [-0.15, -0.1) is 21.5 Å². The summed E-state index contributed by atoms with van der Waals surface area (Å²) in [7, 11) is -0.593. The van der Waals surface area contributed by atoms with E-state index in [4.69, 9.17) is 13.7 Å². The number of thiazole rings is 1. The van der Waals surface area contributed by atoms with Crippen molar-refractivity contribution in [1.82, 2.24) is 29.7 Å². The van der Waals surface area contributed by atoms with Gasteiger partial charge >= 0.3 is 0 Å². The Morgan fingerprint density at radius 1 is 1.33 bits per heavy atom. The smallest absolute Gasteiger partial charge is 0.241 e. The highest BCUT2D eigenvalue weighted by Crippen LogP contribution is 2.37. The van der Waals surface area contributed by atoms with Gasteiger partial charge in [-0.2, -0.15) is 5.10 Å². The summed E-state index contributed by atoms with van der Waals surface area (Å²) in [6.07, 6.45) is 3.63. The van der Waals surface area contributed by atoms with Crippen LogP contribution in [0.4, 0.5) is 0 Å². The van der Waals surface area contributed by atoms with Crippen molar-refractivity contribution in [2.45, 2.75) is 11.8 Å². The Morgan fingerprint density at radius 2 is 2.15 bits per heavy atom. The standard InChI is InChI=1S/C18H20N6O6S3/c1-24-10-12(8-19-24)11-3-4-13-14(7-11)31-18(21-13)16(33(27,28)6-5-29-2)17-23-22-15(30-17)9-20-32(25)26/h3-4,7-8,10,16,20H,5-6,9H2,1-2H3,(H,25,26). The maximum Gasteiger partial charge on any atom is 0.241 e. The van der Waals surface area contributed by atoms with Gasteiger partial charge in [-0.25, -0.2) is 22.3 Å². The van der Waals surface area contributed by atoms with Gasteiger partial charge in [0.1, 0.15) is 5.01 Å². The first-order chi connectivity index (χ1) is 15.8. The van der Waals surface area contributed by atoms with Crippen LogP contribution in [0, 0.1) is 0 Å². The van der Waals surface area contributed by atoms with Gasteiger partial charge in [0.2, 0.25) is 23.0 Å². The Morgan fingerprint density at radius 3 is 2.85 bits per heavy atom. The normalized spacial score (nSPS) is 14.0. The molecule has 0 aliphatic carbocycles. The lowest BCUT2D eigenvalue weighted by molar-refractivity contribution is 0.217. The van der Waals surface area contributed by atoms with Crippen LogP contribution in [0.15, 0.2) is 35.0 Å². The first kappa shape index (κ1) is 23.6. The van der Waals surface area contributed by atoms with E-state index in [1.807, 2.05) is 31.4 Å². The van der Waals surface area contributed by atoms with E-state index in [-0.39, 0.29) is 35.7 Å². The topological polar surface area (TPSA) is 162 Å². The first-order valence-corrected chi connectivity index (χ1v) is 13.2. The van der Waals surface area contributed by atoms with Crippen molar-refractivity contribution in [3.63, 3.8) is 0 Å². The number of fused-ring (bicyclic) bond motifs is 1. The van der Waals surface area contributed by atoms with Crippen LogP contribution in [0.25, 0.3) is 21.3 Å². The molecule has 0 spiro atoms. The Bertz CT molecular complexity index is 1400. The van der Waals surface area contributed by atoms with Crippen molar-refractivity contribution in [1.29, 1.82) is 0 Å². The summed E-state index contributed by atoms with van der Waals surface area (Å²) in [6, 6.07) is 5.63. The zero-order valence-electron chi connectivity index (χ0n) is 17.5. The lowest BCUT2D eigenvalue weighted by atomic mass is 10.1. The third-order valence-corrected chi connectivity index (χ3v) is 8.15. The van der Waals surface area contributed by atoms with Gasteiger partial charge in [0.25, 0.3) is 0 Å². The second-order valence-corrected chi connectivity index (χ2v) is 11.0. The Labute approximate surface area is 195 Å². The molecule has 0 aliphatic heterocycles. The number of rotatable bonds is 10. The molecule has 3 aromatic heterocycles. The maximum absolute atomic E-state index is 13.2. The fourth-order valence-corrected chi connectivity index (χ4v) is 6.31. The summed E-state index contributed by atoms with van der Waals surface area (Å²) >= 11 is -1.07. The molecule has 0 bridgehead atoms. The summed E-state index contributed by atoms with van der Waals surface area (Å²) in [4.78, 5) is 4.53. The number of methoxy groups -OCH3 is 1. The van der Waals surface area contributed by atoms with Crippen LogP contribution in [-0.4, -0.2) is 61.6 Å². The van der Waals surface area contributed by atoms with Crippen molar-refractivity contribution in [3.05, 3.63) is 47.4 Å². The molecule has 176 valence electrons. The average molecular weight is 513 g/mol. The second-order valence-electron chi connectivity index (χ2n) is 6.98. The molecule has 2 unspecified atom stereocenters. The van der Waals surface area contributed by atoms with Crippen molar-refractivity contribution in [2.24, 2.45) is 7.05 Å². The fourth-order valence-electron chi connectivity index (χ4n) is 3.10. The van der Waals surface area contributed by atoms with E-state index >= 15 is 0 Å². The quantitative estimate of drug-likeness (QED) is 0.297. The Balaban J connectivity index is 1.74. The molecule has 1 aromatic carbocycles. The predicted octanol–water partition coefficient (Wildman–Crippen LogP) is 1.46. The van der Waals surface area contributed by atoms with E-state index < -0.39 is 26.4 Å². The summed E-state index contributed by atoms with van der Waals surface area (Å²) in [5.41, 5.74) is 2.48. The minimum atomic E-state index is -3.83. The number of benzene rings is 1. The van der Waals surface area contributed by atoms with Crippen molar-refractivity contribution in [3.8, 4) is 11.1 Å². The zero-order chi connectivity index (χ0) is 23.6. The Hall–Kier alpha value is -2.56. The molecule has 4 rings (SSSR count). The number of nitrogens with one attached hydrogen (secondary N) is 1. The molecule has 0 radical (unpaired) electrons. The highest BCUT2D eigenvalue weighted by atomic mass is 32.2. The molecule has 4 aromatic rings. The van der Waals surface area contributed by atoms with Gasteiger partial charge in [0.05, 0.1) is 35.3 Å². The highest BCUT2D eigenvalue weighted by molar-refractivity contribution is 7.92. The largest absolute Gasteiger partial charge is 0.422 e.